The Balaban J connectivity index is 1.56. The van der Waals surface area contributed by atoms with Crippen molar-refractivity contribution >= 4 is 15.9 Å². The molecule has 1 aromatic carbocycles. The van der Waals surface area contributed by atoms with E-state index < -0.39 is 0 Å². The number of hydrogen-bond donors (Lipinski definition) is 1. The van der Waals surface area contributed by atoms with Crippen molar-refractivity contribution in [3.63, 3.8) is 0 Å². The van der Waals surface area contributed by atoms with Crippen molar-refractivity contribution < 1.29 is 9.84 Å². The molecule has 1 aliphatic heterocycles. The highest BCUT2D eigenvalue weighted by Crippen LogP contribution is 2.47. The molecule has 1 N–H and O–H groups in total. The van der Waals surface area contributed by atoms with Crippen LogP contribution in [0.15, 0.2) is 22.7 Å². The molecule has 3 nitrogen and oxygen atoms in total. The number of β-amino-alcohol motifs (C(OH)–C–C–N with tert-alkyl or cyclic N) is 1. The second-order valence-corrected chi connectivity index (χ2v) is 7.18. The van der Waals surface area contributed by atoms with Crippen LogP contribution in [0.5, 0.6) is 5.75 Å². The van der Waals surface area contributed by atoms with Crippen LogP contribution in [0.4, 0.5) is 0 Å². The molecule has 0 spiro atoms. The van der Waals surface area contributed by atoms with Crippen molar-refractivity contribution in [2.45, 2.75) is 32.3 Å². The lowest BCUT2D eigenvalue weighted by Gasteiger charge is -2.23. The second kappa shape index (κ2) is 5.66. The van der Waals surface area contributed by atoms with E-state index in [1.807, 2.05) is 18.2 Å². The summed E-state index contributed by atoms with van der Waals surface area (Å²) in [5, 5.41) is 9.61. The Hall–Kier alpha value is -0.580. The monoisotopic (exact) mass is 339 g/mol. The molecule has 0 bridgehead atoms. The molecule has 2 aliphatic rings. The van der Waals surface area contributed by atoms with Crippen LogP contribution in [0.2, 0.25) is 0 Å². The number of aliphatic hydroxyl groups excluding tert-OH is 1. The molecule has 20 heavy (non-hydrogen) atoms. The number of hydrogen-bond acceptors (Lipinski definition) is 3. The van der Waals surface area contributed by atoms with Gasteiger partial charge in [-0.15, -0.1) is 0 Å². The van der Waals surface area contributed by atoms with Gasteiger partial charge in [-0.1, -0.05) is 22.0 Å². The molecule has 0 aromatic heterocycles. The summed E-state index contributed by atoms with van der Waals surface area (Å²) in [5.41, 5.74) is 1.48. The van der Waals surface area contributed by atoms with Crippen molar-refractivity contribution in [3.8, 4) is 5.75 Å². The Bertz CT molecular complexity index is 487. The number of aliphatic hydroxyl groups is 1. The number of rotatable bonds is 5. The predicted octanol–water partition coefficient (Wildman–Crippen LogP) is 2.98. The molecule has 1 saturated carbocycles. The summed E-state index contributed by atoms with van der Waals surface area (Å²) in [6, 6.07) is 6.10. The van der Waals surface area contributed by atoms with Crippen molar-refractivity contribution in [1.82, 2.24) is 4.90 Å². The molecule has 3 rings (SSSR count). The first kappa shape index (κ1) is 14.4. The van der Waals surface area contributed by atoms with Gasteiger partial charge in [0, 0.05) is 35.1 Å². The van der Waals surface area contributed by atoms with Gasteiger partial charge in [-0.2, -0.15) is 0 Å². The van der Waals surface area contributed by atoms with E-state index in [9.17, 15) is 5.11 Å². The van der Waals surface area contributed by atoms with Gasteiger partial charge in [0.2, 0.25) is 0 Å². The largest absolute Gasteiger partial charge is 0.493 e. The van der Waals surface area contributed by atoms with Crippen LogP contribution < -0.4 is 4.74 Å². The predicted molar refractivity (Wildman–Crippen MR) is 83.1 cm³/mol. The Morgan fingerprint density at radius 1 is 1.45 bits per heavy atom. The zero-order chi connectivity index (χ0) is 14.2. The van der Waals surface area contributed by atoms with Crippen LogP contribution >= 0.6 is 15.9 Å². The summed E-state index contributed by atoms with van der Waals surface area (Å²) in [4.78, 5) is 2.38. The average Bonchev–Trinajstić information content (AvgIpc) is 3.06. The third-order valence-electron chi connectivity index (χ3n) is 4.52. The zero-order valence-corrected chi connectivity index (χ0v) is 13.5. The van der Waals surface area contributed by atoms with E-state index in [2.05, 4.69) is 27.8 Å². The number of halogens is 1. The van der Waals surface area contributed by atoms with E-state index >= 15 is 0 Å². The topological polar surface area (TPSA) is 32.7 Å². The maximum absolute atomic E-state index is 9.61. The molecule has 1 aromatic rings. The Kier molecular flexibility index (Phi) is 4.07. The molecular formula is C16H22BrNO2. The fourth-order valence-electron chi connectivity index (χ4n) is 2.93. The summed E-state index contributed by atoms with van der Waals surface area (Å²) in [7, 11) is 0. The highest BCUT2D eigenvalue weighted by Gasteiger charge is 2.45. The molecular weight excluding hydrogens is 318 g/mol. The first-order valence-electron chi connectivity index (χ1n) is 7.36. The van der Waals surface area contributed by atoms with E-state index in [4.69, 9.17) is 4.74 Å². The Morgan fingerprint density at radius 2 is 2.25 bits per heavy atom. The lowest BCUT2D eigenvalue weighted by Crippen LogP contribution is -2.32. The third kappa shape index (κ3) is 3.18. The van der Waals surface area contributed by atoms with Crippen LogP contribution in [-0.4, -0.2) is 42.4 Å². The maximum Gasteiger partial charge on any atom is 0.123 e. The molecule has 1 saturated heterocycles. The minimum absolute atomic E-state index is 0.126. The number of benzene rings is 1. The van der Waals surface area contributed by atoms with Crippen LogP contribution in [-0.2, 0) is 0 Å². The highest BCUT2D eigenvalue weighted by molar-refractivity contribution is 9.10. The Labute approximate surface area is 129 Å². The van der Waals surface area contributed by atoms with Gasteiger partial charge in [-0.3, -0.25) is 4.90 Å². The molecule has 1 aliphatic carbocycles. The lowest BCUT2D eigenvalue weighted by molar-refractivity contribution is 0.148. The quantitative estimate of drug-likeness (QED) is 0.895. The summed E-state index contributed by atoms with van der Waals surface area (Å²) < 4.78 is 7.16. The Morgan fingerprint density at radius 3 is 2.90 bits per heavy atom. The smallest absolute Gasteiger partial charge is 0.123 e. The summed E-state index contributed by atoms with van der Waals surface area (Å²) in [6.45, 7) is 5.79. The molecule has 110 valence electrons. The van der Waals surface area contributed by atoms with E-state index in [0.717, 1.165) is 42.9 Å². The fourth-order valence-corrected chi connectivity index (χ4v) is 3.28. The van der Waals surface area contributed by atoms with Gasteiger partial charge in [0.25, 0.3) is 0 Å². The highest BCUT2D eigenvalue weighted by atomic mass is 79.9. The first-order valence-corrected chi connectivity index (χ1v) is 8.16. The molecule has 0 unspecified atom stereocenters. The SMILES string of the molecule is Cc1c(Br)cccc1OCC1(CN2CC[C@@H](O)C2)CC1. The van der Waals surface area contributed by atoms with Gasteiger partial charge in [-0.25, -0.2) is 0 Å². The van der Waals surface area contributed by atoms with Crippen LogP contribution in [0, 0.1) is 12.3 Å². The van der Waals surface area contributed by atoms with Crippen molar-refractivity contribution in [2.24, 2.45) is 5.41 Å². The standard InChI is InChI=1S/C16H22BrNO2/c1-12-14(17)3-2-4-15(12)20-11-16(6-7-16)10-18-8-5-13(19)9-18/h2-4,13,19H,5-11H2,1H3/t13-/m1/s1. The van der Waals surface area contributed by atoms with Gasteiger partial charge < -0.3 is 9.84 Å². The number of ether oxygens (including phenoxy) is 1. The molecule has 0 radical (unpaired) electrons. The van der Waals surface area contributed by atoms with Crippen molar-refractivity contribution in [1.29, 1.82) is 0 Å². The fraction of sp³-hybridized carbons (Fsp3) is 0.625. The van der Waals surface area contributed by atoms with Crippen LogP contribution in [0.1, 0.15) is 24.8 Å². The van der Waals surface area contributed by atoms with E-state index in [1.165, 1.54) is 18.4 Å². The average molecular weight is 340 g/mol. The normalized spacial score (nSPS) is 24.9. The van der Waals surface area contributed by atoms with E-state index in [0.29, 0.717) is 5.41 Å². The molecule has 1 heterocycles. The van der Waals surface area contributed by atoms with Crippen LogP contribution in [0.25, 0.3) is 0 Å². The molecule has 4 heteroatoms. The minimum atomic E-state index is -0.126. The van der Waals surface area contributed by atoms with E-state index in [-0.39, 0.29) is 6.10 Å². The van der Waals surface area contributed by atoms with Gasteiger partial charge in [0.15, 0.2) is 0 Å². The minimum Gasteiger partial charge on any atom is -0.493 e. The summed E-state index contributed by atoms with van der Waals surface area (Å²) in [5.74, 6) is 0.979. The van der Waals surface area contributed by atoms with E-state index in [1.54, 1.807) is 0 Å². The van der Waals surface area contributed by atoms with Gasteiger partial charge in [0.05, 0.1) is 12.7 Å². The van der Waals surface area contributed by atoms with Crippen molar-refractivity contribution in [2.75, 3.05) is 26.2 Å². The zero-order valence-electron chi connectivity index (χ0n) is 11.9. The summed E-state index contributed by atoms with van der Waals surface area (Å²) in [6.07, 6.45) is 3.28. The third-order valence-corrected chi connectivity index (χ3v) is 5.37. The molecule has 2 fully saturated rings. The maximum atomic E-state index is 9.61. The second-order valence-electron chi connectivity index (χ2n) is 6.33. The van der Waals surface area contributed by atoms with Gasteiger partial charge >= 0.3 is 0 Å². The van der Waals surface area contributed by atoms with Gasteiger partial charge in [-0.05, 0) is 38.3 Å². The first-order chi connectivity index (χ1) is 9.58. The number of likely N-dealkylation sites (tertiary alicyclic amines) is 1. The van der Waals surface area contributed by atoms with Gasteiger partial charge in [0.1, 0.15) is 5.75 Å². The van der Waals surface area contributed by atoms with Crippen molar-refractivity contribution in [3.05, 3.63) is 28.2 Å². The number of nitrogens with zero attached hydrogens (tertiary/aromatic N) is 1. The summed E-state index contributed by atoms with van der Waals surface area (Å²) >= 11 is 3.54. The van der Waals surface area contributed by atoms with Crippen LogP contribution in [0.3, 0.4) is 0 Å². The molecule has 0 amide bonds. The molecule has 1 atom stereocenters. The lowest BCUT2D eigenvalue weighted by atomic mass is 10.1.